The molecule has 2 heterocycles. The highest BCUT2D eigenvalue weighted by Gasteiger charge is 2.12. The second-order valence-corrected chi connectivity index (χ2v) is 5.47. The summed E-state index contributed by atoms with van der Waals surface area (Å²) < 4.78 is 15.3. The highest BCUT2D eigenvalue weighted by atomic mass is 19.1. The van der Waals surface area contributed by atoms with Crippen molar-refractivity contribution < 1.29 is 4.39 Å². The molecule has 3 rings (SSSR count). The van der Waals surface area contributed by atoms with Gasteiger partial charge in [-0.1, -0.05) is 31.2 Å². The van der Waals surface area contributed by atoms with Crippen molar-refractivity contribution in [1.82, 2.24) is 9.38 Å². The second-order valence-electron chi connectivity index (χ2n) is 5.47. The Labute approximate surface area is 129 Å². The molecule has 3 aromatic rings. The molecule has 0 saturated carbocycles. The highest BCUT2D eigenvalue weighted by Crippen LogP contribution is 2.18. The van der Waals surface area contributed by atoms with Crippen molar-refractivity contribution in [3.63, 3.8) is 0 Å². The largest absolute Gasteiger partial charge is 0.330 e. The molecule has 0 aliphatic heterocycles. The monoisotopic (exact) mass is 297 g/mol. The van der Waals surface area contributed by atoms with E-state index in [1.54, 1.807) is 6.07 Å². The van der Waals surface area contributed by atoms with E-state index in [9.17, 15) is 4.39 Å². The van der Waals surface area contributed by atoms with Gasteiger partial charge in [0.25, 0.3) is 0 Å². The molecule has 2 aromatic heterocycles. The summed E-state index contributed by atoms with van der Waals surface area (Å²) in [5, 5.41) is 0. The summed E-state index contributed by atoms with van der Waals surface area (Å²) in [4.78, 5) is 4.65. The predicted octanol–water partition coefficient (Wildman–Crippen LogP) is 3.13. The Morgan fingerprint density at radius 1 is 1.09 bits per heavy atom. The molecule has 2 N–H and O–H groups in total. The Bertz CT molecular complexity index is 775. The van der Waals surface area contributed by atoms with Crippen molar-refractivity contribution in [2.24, 2.45) is 5.73 Å². The van der Waals surface area contributed by atoms with Crippen LogP contribution in [0.15, 0.2) is 42.6 Å². The van der Waals surface area contributed by atoms with Crippen LogP contribution in [0, 0.1) is 5.82 Å². The van der Waals surface area contributed by atoms with E-state index in [1.807, 2.05) is 4.40 Å². The fourth-order valence-corrected chi connectivity index (χ4v) is 2.75. The van der Waals surface area contributed by atoms with Gasteiger partial charge < -0.3 is 10.1 Å². The number of nitrogens with two attached hydrogens (primary N) is 1. The number of hydrogen-bond acceptors (Lipinski definition) is 2. The average Bonchev–Trinajstić information content (AvgIpc) is 2.86. The van der Waals surface area contributed by atoms with Crippen LogP contribution in [0.4, 0.5) is 4.39 Å². The van der Waals surface area contributed by atoms with Crippen molar-refractivity contribution in [2.75, 3.05) is 6.54 Å². The number of rotatable bonds is 5. The summed E-state index contributed by atoms with van der Waals surface area (Å²) >= 11 is 0. The summed E-state index contributed by atoms with van der Waals surface area (Å²) in [6, 6.07) is 11.7. The smallest absolute Gasteiger partial charge is 0.139 e. The molecule has 0 amide bonds. The first-order chi connectivity index (χ1) is 10.7. The summed E-state index contributed by atoms with van der Waals surface area (Å²) in [7, 11) is 0. The average molecular weight is 297 g/mol. The van der Waals surface area contributed by atoms with Crippen molar-refractivity contribution in [3.05, 3.63) is 70.9 Å². The van der Waals surface area contributed by atoms with Crippen LogP contribution in [-0.2, 0) is 19.3 Å². The van der Waals surface area contributed by atoms with Gasteiger partial charge in [-0.3, -0.25) is 0 Å². The molecule has 0 bridgehead atoms. The summed E-state index contributed by atoms with van der Waals surface area (Å²) in [5.74, 6) is -0.262. The molecule has 0 atom stereocenters. The zero-order chi connectivity index (χ0) is 15.5. The predicted molar refractivity (Wildman–Crippen MR) is 86.5 cm³/mol. The van der Waals surface area contributed by atoms with E-state index >= 15 is 0 Å². The SMILES string of the molecule is CCc1ccc(Cc2nc3ccc(F)cn3c2CCN)cc1. The molecular formula is C18H20FN3. The maximum Gasteiger partial charge on any atom is 0.139 e. The topological polar surface area (TPSA) is 43.3 Å². The van der Waals surface area contributed by atoms with Gasteiger partial charge in [-0.05, 0) is 36.2 Å². The van der Waals surface area contributed by atoms with Crippen molar-refractivity contribution in [3.8, 4) is 0 Å². The van der Waals surface area contributed by atoms with Gasteiger partial charge in [0.05, 0.1) is 5.69 Å². The zero-order valence-corrected chi connectivity index (χ0v) is 12.7. The van der Waals surface area contributed by atoms with Crippen LogP contribution in [-0.4, -0.2) is 15.9 Å². The van der Waals surface area contributed by atoms with Crippen LogP contribution >= 0.6 is 0 Å². The molecular weight excluding hydrogens is 277 g/mol. The Hall–Kier alpha value is -2.20. The van der Waals surface area contributed by atoms with Gasteiger partial charge in [0.15, 0.2) is 0 Å². The molecule has 0 saturated heterocycles. The van der Waals surface area contributed by atoms with Gasteiger partial charge in [-0.25, -0.2) is 9.37 Å². The number of fused-ring (bicyclic) bond motifs is 1. The number of aryl methyl sites for hydroxylation is 1. The second kappa shape index (κ2) is 6.28. The number of halogens is 1. The van der Waals surface area contributed by atoms with Crippen LogP contribution in [0.5, 0.6) is 0 Å². The van der Waals surface area contributed by atoms with Crippen molar-refractivity contribution in [2.45, 2.75) is 26.2 Å². The van der Waals surface area contributed by atoms with Gasteiger partial charge in [0, 0.05) is 24.7 Å². The summed E-state index contributed by atoms with van der Waals surface area (Å²) in [6.45, 7) is 2.66. The summed E-state index contributed by atoms with van der Waals surface area (Å²) in [6.07, 6.45) is 3.94. The Balaban J connectivity index is 1.99. The van der Waals surface area contributed by atoms with Crippen LogP contribution in [0.3, 0.4) is 0 Å². The number of aromatic nitrogens is 2. The molecule has 0 aliphatic rings. The zero-order valence-electron chi connectivity index (χ0n) is 12.7. The fourth-order valence-electron chi connectivity index (χ4n) is 2.75. The lowest BCUT2D eigenvalue weighted by Crippen LogP contribution is -2.08. The highest BCUT2D eigenvalue weighted by molar-refractivity contribution is 5.45. The van der Waals surface area contributed by atoms with E-state index in [0.717, 1.165) is 29.9 Å². The summed E-state index contributed by atoms with van der Waals surface area (Å²) in [5.41, 5.74) is 11.0. The molecule has 0 unspecified atom stereocenters. The molecule has 3 nitrogen and oxygen atoms in total. The first-order valence-corrected chi connectivity index (χ1v) is 7.64. The maximum absolute atomic E-state index is 13.5. The molecule has 0 fully saturated rings. The number of pyridine rings is 1. The molecule has 1 aromatic carbocycles. The first-order valence-electron chi connectivity index (χ1n) is 7.64. The molecule has 0 aliphatic carbocycles. The number of benzene rings is 1. The van der Waals surface area contributed by atoms with E-state index in [1.165, 1.54) is 23.4 Å². The molecule has 0 radical (unpaired) electrons. The van der Waals surface area contributed by atoms with Crippen LogP contribution in [0.2, 0.25) is 0 Å². The molecule has 0 spiro atoms. The third-order valence-electron chi connectivity index (χ3n) is 3.95. The molecule has 22 heavy (non-hydrogen) atoms. The van der Waals surface area contributed by atoms with Crippen molar-refractivity contribution >= 4 is 5.65 Å². The van der Waals surface area contributed by atoms with Gasteiger partial charge in [-0.15, -0.1) is 0 Å². The Morgan fingerprint density at radius 2 is 1.82 bits per heavy atom. The number of nitrogens with zero attached hydrogens (tertiary/aromatic N) is 2. The van der Waals surface area contributed by atoms with Gasteiger partial charge in [-0.2, -0.15) is 0 Å². The standard InChI is InChI=1S/C18H20FN3/c1-2-13-3-5-14(6-4-13)11-16-17(9-10-20)22-12-15(19)7-8-18(22)21-16/h3-8,12H,2,9-11,20H2,1H3. The molecule has 114 valence electrons. The minimum Gasteiger partial charge on any atom is -0.330 e. The minimum atomic E-state index is -0.262. The van der Waals surface area contributed by atoms with E-state index < -0.39 is 0 Å². The number of imidazole rings is 1. The third kappa shape index (κ3) is 2.88. The van der Waals surface area contributed by atoms with Gasteiger partial charge in [0.1, 0.15) is 11.5 Å². The quantitative estimate of drug-likeness (QED) is 0.786. The first kappa shape index (κ1) is 14.7. The molecule has 4 heteroatoms. The lowest BCUT2D eigenvalue weighted by molar-refractivity contribution is 0.617. The van der Waals surface area contributed by atoms with E-state index in [2.05, 4.69) is 36.2 Å². The normalized spacial score (nSPS) is 11.2. The van der Waals surface area contributed by atoms with E-state index in [4.69, 9.17) is 5.73 Å². The van der Waals surface area contributed by atoms with E-state index in [-0.39, 0.29) is 5.82 Å². The van der Waals surface area contributed by atoms with Crippen LogP contribution in [0.1, 0.15) is 29.4 Å². The Kier molecular flexibility index (Phi) is 4.20. The van der Waals surface area contributed by atoms with E-state index in [0.29, 0.717) is 13.0 Å². The van der Waals surface area contributed by atoms with Crippen LogP contribution in [0.25, 0.3) is 5.65 Å². The fraction of sp³-hybridized carbons (Fsp3) is 0.278. The lowest BCUT2D eigenvalue weighted by Gasteiger charge is -2.05. The van der Waals surface area contributed by atoms with Gasteiger partial charge >= 0.3 is 0 Å². The van der Waals surface area contributed by atoms with Gasteiger partial charge in [0.2, 0.25) is 0 Å². The third-order valence-corrected chi connectivity index (χ3v) is 3.95. The maximum atomic E-state index is 13.5. The lowest BCUT2D eigenvalue weighted by atomic mass is 10.0. The number of hydrogen-bond donors (Lipinski definition) is 1. The van der Waals surface area contributed by atoms with Crippen LogP contribution < -0.4 is 5.73 Å². The minimum absolute atomic E-state index is 0.262. The van der Waals surface area contributed by atoms with Crippen molar-refractivity contribution in [1.29, 1.82) is 0 Å². The Morgan fingerprint density at radius 3 is 2.50 bits per heavy atom.